The highest BCUT2D eigenvalue weighted by atomic mass is 16.5. The fourth-order valence-electron chi connectivity index (χ4n) is 1.63. The van der Waals surface area contributed by atoms with Crippen LogP contribution in [0, 0.1) is 5.92 Å². The van der Waals surface area contributed by atoms with Gasteiger partial charge in [-0.3, -0.25) is 4.79 Å². The van der Waals surface area contributed by atoms with Crippen LogP contribution in [-0.2, 0) is 9.53 Å². The summed E-state index contributed by atoms with van der Waals surface area (Å²) in [6.45, 7) is 7.44. The minimum absolute atomic E-state index is 0.129. The van der Waals surface area contributed by atoms with Crippen LogP contribution in [0.5, 0.6) is 0 Å². The van der Waals surface area contributed by atoms with Gasteiger partial charge in [0.05, 0.1) is 18.7 Å². The average Bonchev–Trinajstić information content (AvgIpc) is 2.45. The van der Waals surface area contributed by atoms with E-state index in [1.54, 1.807) is 24.3 Å². The quantitative estimate of drug-likeness (QED) is 0.570. The van der Waals surface area contributed by atoms with Gasteiger partial charge in [-0.1, -0.05) is 26.8 Å². The molecule has 0 saturated heterocycles. The van der Waals surface area contributed by atoms with E-state index in [1.807, 2.05) is 20.8 Å². The molecular formula is C16H24N2O3. The third-order valence-electron chi connectivity index (χ3n) is 2.64. The first-order valence-electron chi connectivity index (χ1n) is 7.30. The molecule has 5 heteroatoms. The van der Waals surface area contributed by atoms with Crippen LogP contribution >= 0.6 is 0 Å². The zero-order valence-electron chi connectivity index (χ0n) is 12.9. The van der Waals surface area contributed by atoms with Crippen LogP contribution in [0.15, 0.2) is 24.3 Å². The van der Waals surface area contributed by atoms with Crippen LogP contribution in [-0.4, -0.2) is 31.6 Å². The number of amides is 1. The van der Waals surface area contributed by atoms with E-state index < -0.39 is 0 Å². The monoisotopic (exact) mass is 292 g/mol. The number of hydrogen-bond acceptors (Lipinski definition) is 4. The van der Waals surface area contributed by atoms with Crippen LogP contribution < -0.4 is 10.6 Å². The summed E-state index contributed by atoms with van der Waals surface area (Å²) in [6, 6.07) is 6.77. The minimum Gasteiger partial charge on any atom is -0.462 e. The zero-order chi connectivity index (χ0) is 15.7. The van der Waals surface area contributed by atoms with Crippen molar-refractivity contribution in [2.75, 3.05) is 25.0 Å². The van der Waals surface area contributed by atoms with Gasteiger partial charge in [-0.25, -0.2) is 4.79 Å². The molecule has 0 unspecified atom stereocenters. The Hall–Kier alpha value is -1.88. The van der Waals surface area contributed by atoms with Gasteiger partial charge in [0.15, 0.2) is 0 Å². The van der Waals surface area contributed by atoms with Gasteiger partial charge in [0.1, 0.15) is 0 Å². The molecule has 0 bridgehead atoms. The molecule has 0 saturated carbocycles. The number of anilines is 1. The molecule has 1 aromatic rings. The Morgan fingerprint density at radius 2 is 2.05 bits per heavy atom. The number of benzene rings is 1. The summed E-state index contributed by atoms with van der Waals surface area (Å²) in [4.78, 5) is 23.5. The van der Waals surface area contributed by atoms with Gasteiger partial charge in [0, 0.05) is 5.69 Å². The maximum absolute atomic E-state index is 11.9. The second-order valence-corrected chi connectivity index (χ2v) is 5.30. The first-order valence-corrected chi connectivity index (χ1v) is 7.30. The zero-order valence-corrected chi connectivity index (χ0v) is 12.9. The fourth-order valence-corrected chi connectivity index (χ4v) is 1.63. The second-order valence-electron chi connectivity index (χ2n) is 5.30. The Labute approximate surface area is 126 Å². The van der Waals surface area contributed by atoms with Crippen molar-refractivity contribution in [3.05, 3.63) is 29.8 Å². The van der Waals surface area contributed by atoms with E-state index in [0.717, 1.165) is 13.0 Å². The molecule has 116 valence electrons. The number of rotatable bonds is 8. The molecule has 0 radical (unpaired) electrons. The lowest BCUT2D eigenvalue weighted by molar-refractivity contribution is -0.115. The van der Waals surface area contributed by atoms with E-state index in [1.165, 1.54) is 0 Å². The molecular weight excluding hydrogens is 268 g/mol. The average molecular weight is 292 g/mol. The summed E-state index contributed by atoms with van der Waals surface area (Å²) in [5.74, 6) is -0.207. The lowest BCUT2D eigenvalue weighted by atomic mass is 10.2. The number of nitrogens with one attached hydrogen (secondary N) is 2. The summed E-state index contributed by atoms with van der Waals surface area (Å²) >= 11 is 0. The molecule has 0 spiro atoms. The normalized spacial score (nSPS) is 10.5. The Kier molecular flexibility index (Phi) is 7.46. The lowest BCUT2D eigenvalue weighted by Gasteiger charge is -2.09. The number of ether oxygens (including phenoxy) is 1. The predicted molar refractivity (Wildman–Crippen MR) is 83.4 cm³/mol. The molecule has 21 heavy (non-hydrogen) atoms. The van der Waals surface area contributed by atoms with Gasteiger partial charge in [-0.05, 0) is 37.1 Å². The first-order chi connectivity index (χ1) is 10.0. The number of hydrogen-bond donors (Lipinski definition) is 2. The standard InChI is InChI=1S/C16H24N2O3/c1-4-8-17-10-15(19)18-14-7-5-6-13(9-14)16(20)21-11-12(2)3/h5-7,9,12,17H,4,8,10-11H2,1-3H3,(H,18,19). The molecule has 1 aromatic carbocycles. The van der Waals surface area contributed by atoms with Crippen LogP contribution in [0.4, 0.5) is 5.69 Å². The van der Waals surface area contributed by atoms with Crippen molar-refractivity contribution in [1.29, 1.82) is 0 Å². The lowest BCUT2D eigenvalue weighted by Crippen LogP contribution is -2.28. The molecule has 0 aliphatic rings. The van der Waals surface area contributed by atoms with E-state index in [-0.39, 0.29) is 18.4 Å². The molecule has 0 aliphatic heterocycles. The van der Waals surface area contributed by atoms with Gasteiger partial charge >= 0.3 is 5.97 Å². The predicted octanol–water partition coefficient (Wildman–Crippen LogP) is 2.44. The summed E-state index contributed by atoms with van der Waals surface area (Å²) in [5.41, 5.74) is 1.03. The van der Waals surface area contributed by atoms with Gasteiger partial charge in [0.25, 0.3) is 0 Å². The van der Waals surface area contributed by atoms with E-state index in [4.69, 9.17) is 4.74 Å². The third-order valence-corrected chi connectivity index (χ3v) is 2.64. The number of esters is 1. The Balaban J connectivity index is 2.55. The van der Waals surface area contributed by atoms with Gasteiger partial charge < -0.3 is 15.4 Å². The first kappa shape index (κ1) is 17.2. The van der Waals surface area contributed by atoms with Gasteiger partial charge in [0.2, 0.25) is 5.91 Å². The molecule has 0 aromatic heterocycles. The number of carbonyl (C=O) groups excluding carboxylic acids is 2. The fraction of sp³-hybridized carbons (Fsp3) is 0.500. The van der Waals surface area contributed by atoms with Gasteiger partial charge in [-0.2, -0.15) is 0 Å². The molecule has 0 aliphatic carbocycles. The summed E-state index contributed by atoms with van der Waals surface area (Å²) in [5, 5.41) is 5.77. The molecule has 5 nitrogen and oxygen atoms in total. The van der Waals surface area contributed by atoms with Crippen molar-refractivity contribution in [2.24, 2.45) is 5.92 Å². The largest absolute Gasteiger partial charge is 0.462 e. The van der Waals surface area contributed by atoms with E-state index in [9.17, 15) is 9.59 Å². The Bertz CT molecular complexity index is 472. The van der Waals surface area contributed by atoms with Crippen molar-refractivity contribution in [1.82, 2.24) is 5.32 Å². The summed E-state index contributed by atoms with van der Waals surface area (Å²) < 4.78 is 5.16. The van der Waals surface area contributed by atoms with Crippen LogP contribution in [0.1, 0.15) is 37.6 Å². The van der Waals surface area contributed by atoms with Crippen LogP contribution in [0.2, 0.25) is 0 Å². The smallest absolute Gasteiger partial charge is 0.338 e. The molecule has 1 rings (SSSR count). The number of carbonyl (C=O) groups is 2. The second kappa shape index (κ2) is 9.13. The highest BCUT2D eigenvalue weighted by molar-refractivity contribution is 5.95. The molecule has 2 N–H and O–H groups in total. The van der Waals surface area contributed by atoms with Crippen molar-refractivity contribution in [3.8, 4) is 0 Å². The SMILES string of the molecule is CCCNCC(=O)Nc1cccc(C(=O)OCC(C)C)c1. The highest BCUT2D eigenvalue weighted by Gasteiger charge is 2.09. The topological polar surface area (TPSA) is 67.4 Å². The Morgan fingerprint density at radius 3 is 2.71 bits per heavy atom. The minimum atomic E-state index is -0.371. The van der Waals surface area contributed by atoms with Gasteiger partial charge in [-0.15, -0.1) is 0 Å². The highest BCUT2D eigenvalue weighted by Crippen LogP contribution is 2.12. The molecule has 0 atom stereocenters. The van der Waals surface area contributed by atoms with Crippen molar-refractivity contribution >= 4 is 17.6 Å². The van der Waals surface area contributed by atoms with E-state index in [2.05, 4.69) is 10.6 Å². The van der Waals surface area contributed by atoms with Crippen molar-refractivity contribution in [3.63, 3.8) is 0 Å². The Morgan fingerprint density at radius 1 is 1.29 bits per heavy atom. The molecule has 0 heterocycles. The van der Waals surface area contributed by atoms with Crippen LogP contribution in [0.25, 0.3) is 0 Å². The third kappa shape index (κ3) is 6.90. The summed E-state index contributed by atoms with van der Waals surface area (Å²) in [7, 11) is 0. The molecule has 1 amide bonds. The van der Waals surface area contributed by atoms with Crippen molar-refractivity contribution < 1.29 is 14.3 Å². The van der Waals surface area contributed by atoms with E-state index in [0.29, 0.717) is 23.8 Å². The maximum atomic E-state index is 11.9. The van der Waals surface area contributed by atoms with Crippen LogP contribution in [0.3, 0.4) is 0 Å². The summed E-state index contributed by atoms with van der Waals surface area (Å²) in [6.07, 6.45) is 0.977. The molecule has 0 fully saturated rings. The van der Waals surface area contributed by atoms with Crippen molar-refractivity contribution in [2.45, 2.75) is 27.2 Å². The van der Waals surface area contributed by atoms with E-state index >= 15 is 0 Å². The maximum Gasteiger partial charge on any atom is 0.338 e.